The second-order valence-electron chi connectivity index (χ2n) is 7.41. The van der Waals surface area contributed by atoms with Gasteiger partial charge in [-0.25, -0.2) is 4.98 Å². The lowest BCUT2D eigenvalue weighted by molar-refractivity contribution is -0.146. The lowest BCUT2D eigenvalue weighted by atomic mass is 9.84. The number of aliphatic hydroxyl groups is 1. The van der Waals surface area contributed by atoms with Gasteiger partial charge in [0.05, 0.1) is 0 Å². The number of hydrogen-bond acceptors (Lipinski definition) is 3. The van der Waals surface area contributed by atoms with Gasteiger partial charge in [-0.05, 0) is 25.7 Å². The van der Waals surface area contributed by atoms with Gasteiger partial charge in [0.2, 0.25) is 5.91 Å². The molecule has 0 radical (unpaired) electrons. The summed E-state index contributed by atoms with van der Waals surface area (Å²) in [5.74, 6) is 1.34. The van der Waals surface area contributed by atoms with Crippen molar-refractivity contribution in [2.24, 2.45) is 13.0 Å². The van der Waals surface area contributed by atoms with Gasteiger partial charge in [0.15, 0.2) is 0 Å². The molecule has 120 valence electrons. The van der Waals surface area contributed by atoms with Crippen LogP contribution in [0.15, 0.2) is 12.4 Å². The molecule has 2 aliphatic heterocycles. The molecule has 2 bridgehead atoms. The van der Waals surface area contributed by atoms with Crippen LogP contribution >= 0.6 is 0 Å². The number of nitrogens with zero attached hydrogens (tertiary/aromatic N) is 3. The molecule has 2 saturated heterocycles. The normalized spacial score (nSPS) is 35.3. The molecule has 0 spiro atoms. The summed E-state index contributed by atoms with van der Waals surface area (Å²) in [6, 6.07) is 0.377. The summed E-state index contributed by atoms with van der Waals surface area (Å²) in [6.07, 6.45) is 11.4. The van der Waals surface area contributed by atoms with Crippen LogP contribution in [0.2, 0.25) is 0 Å². The minimum absolute atomic E-state index is 0.188. The molecule has 0 aromatic carbocycles. The summed E-state index contributed by atoms with van der Waals surface area (Å²) in [5.41, 5.74) is -0.878. The number of amides is 1. The van der Waals surface area contributed by atoms with Gasteiger partial charge >= 0.3 is 0 Å². The number of aryl methyl sites for hydroxylation is 1. The molecule has 1 aliphatic carbocycles. The first-order chi connectivity index (χ1) is 10.6. The van der Waals surface area contributed by atoms with E-state index in [-0.39, 0.29) is 18.0 Å². The van der Waals surface area contributed by atoms with E-state index in [9.17, 15) is 9.90 Å². The Bertz CT molecular complexity index is 562. The number of imidazole rings is 1. The molecule has 3 fully saturated rings. The molecule has 4 rings (SSSR count). The average molecular weight is 303 g/mol. The Labute approximate surface area is 131 Å². The Balaban J connectivity index is 1.57. The fourth-order valence-corrected chi connectivity index (χ4v) is 4.96. The molecular formula is C17H25N3O2. The average Bonchev–Trinajstić information content (AvgIpc) is 3.19. The monoisotopic (exact) mass is 303 g/mol. The number of rotatable bonds is 2. The van der Waals surface area contributed by atoms with Crippen LogP contribution in [0.25, 0.3) is 0 Å². The molecule has 22 heavy (non-hydrogen) atoms. The van der Waals surface area contributed by atoms with Crippen LogP contribution in [0.5, 0.6) is 0 Å². The van der Waals surface area contributed by atoms with Gasteiger partial charge in [-0.2, -0.15) is 0 Å². The Hall–Kier alpha value is -1.36. The number of aromatic nitrogens is 2. The Morgan fingerprint density at radius 2 is 1.86 bits per heavy atom. The fraction of sp³-hybridized carbons (Fsp3) is 0.765. The summed E-state index contributed by atoms with van der Waals surface area (Å²) in [5, 5.41) is 11.1. The molecule has 3 aliphatic rings. The zero-order valence-corrected chi connectivity index (χ0v) is 13.2. The quantitative estimate of drug-likeness (QED) is 0.908. The van der Waals surface area contributed by atoms with Crippen molar-refractivity contribution in [1.82, 2.24) is 14.5 Å². The zero-order valence-electron chi connectivity index (χ0n) is 13.2. The first kappa shape index (κ1) is 14.2. The second-order valence-corrected chi connectivity index (χ2v) is 7.41. The van der Waals surface area contributed by atoms with Crippen molar-refractivity contribution >= 4 is 5.91 Å². The van der Waals surface area contributed by atoms with Crippen molar-refractivity contribution in [3.05, 3.63) is 18.2 Å². The minimum Gasteiger partial charge on any atom is -0.382 e. The Morgan fingerprint density at radius 3 is 2.41 bits per heavy atom. The van der Waals surface area contributed by atoms with E-state index < -0.39 is 5.60 Å². The van der Waals surface area contributed by atoms with Gasteiger partial charge in [0.1, 0.15) is 11.4 Å². The predicted octanol–water partition coefficient (Wildman–Crippen LogP) is 1.95. The smallest absolute Gasteiger partial charge is 0.226 e. The highest BCUT2D eigenvalue weighted by atomic mass is 16.3. The highest BCUT2D eigenvalue weighted by Crippen LogP contribution is 2.46. The number of carbonyl (C=O) groups is 1. The summed E-state index contributed by atoms with van der Waals surface area (Å²) in [7, 11) is 1.93. The number of fused-ring (bicyclic) bond motifs is 2. The fourth-order valence-electron chi connectivity index (χ4n) is 4.96. The van der Waals surface area contributed by atoms with E-state index in [1.807, 2.05) is 17.8 Å². The number of hydrogen-bond donors (Lipinski definition) is 1. The largest absolute Gasteiger partial charge is 0.382 e. The Morgan fingerprint density at radius 1 is 1.23 bits per heavy atom. The lowest BCUT2D eigenvalue weighted by Gasteiger charge is -2.44. The van der Waals surface area contributed by atoms with Gasteiger partial charge in [0, 0.05) is 50.3 Å². The molecule has 1 saturated carbocycles. The molecule has 5 nitrogen and oxygen atoms in total. The Kier molecular flexibility index (Phi) is 3.29. The van der Waals surface area contributed by atoms with E-state index in [2.05, 4.69) is 9.88 Å². The zero-order chi connectivity index (χ0) is 15.3. The van der Waals surface area contributed by atoms with Crippen molar-refractivity contribution in [2.75, 3.05) is 0 Å². The van der Waals surface area contributed by atoms with Gasteiger partial charge in [-0.15, -0.1) is 0 Å². The summed E-state index contributed by atoms with van der Waals surface area (Å²) in [4.78, 5) is 19.3. The lowest BCUT2D eigenvalue weighted by Crippen LogP contribution is -2.53. The van der Waals surface area contributed by atoms with Crippen LogP contribution in [-0.2, 0) is 17.4 Å². The third-order valence-corrected chi connectivity index (χ3v) is 5.96. The topological polar surface area (TPSA) is 58.4 Å². The second kappa shape index (κ2) is 5.08. The number of carbonyl (C=O) groups excluding carboxylic acids is 1. The van der Waals surface area contributed by atoms with Crippen LogP contribution < -0.4 is 0 Å². The molecular weight excluding hydrogens is 278 g/mol. The first-order valence-corrected chi connectivity index (χ1v) is 8.61. The molecule has 1 unspecified atom stereocenters. The van der Waals surface area contributed by atoms with Crippen LogP contribution in [0.4, 0.5) is 0 Å². The molecule has 5 heteroatoms. The van der Waals surface area contributed by atoms with Crippen molar-refractivity contribution in [1.29, 1.82) is 0 Å². The highest BCUT2D eigenvalue weighted by Gasteiger charge is 2.52. The maximum absolute atomic E-state index is 12.8. The third-order valence-electron chi connectivity index (χ3n) is 5.96. The van der Waals surface area contributed by atoms with E-state index in [0.717, 1.165) is 31.5 Å². The first-order valence-electron chi connectivity index (χ1n) is 8.61. The maximum atomic E-state index is 12.8. The van der Waals surface area contributed by atoms with Crippen molar-refractivity contribution in [3.63, 3.8) is 0 Å². The number of piperidine rings is 1. The third kappa shape index (κ3) is 2.09. The van der Waals surface area contributed by atoms with Gasteiger partial charge in [-0.1, -0.05) is 12.8 Å². The molecule has 1 aromatic heterocycles. The van der Waals surface area contributed by atoms with Crippen LogP contribution in [-0.4, -0.2) is 37.5 Å². The molecule has 1 amide bonds. The van der Waals surface area contributed by atoms with Crippen molar-refractivity contribution in [2.45, 2.75) is 69.1 Å². The predicted molar refractivity (Wildman–Crippen MR) is 82.0 cm³/mol. The molecule has 1 aromatic rings. The molecule has 3 atom stereocenters. The highest BCUT2D eigenvalue weighted by molar-refractivity contribution is 5.80. The van der Waals surface area contributed by atoms with Crippen LogP contribution in [0, 0.1) is 5.92 Å². The van der Waals surface area contributed by atoms with E-state index >= 15 is 0 Å². The van der Waals surface area contributed by atoms with Crippen LogP contribution in [0.1, 0.15) is 57.2 Å². The SMILES string of the molecule is Cn1ccnc1C1(O)C[C@H]2CC[C@@H](C1)N2C(=O)C1CCCC1. The maximum Gasteiger partial charge on any atom is 0.226 e. The standard InChI is InChI=1S/C17H25N3O2/c1-19-9-8-18-16(19)17(22)10-13-6-7-14(11-17)20(13)15(21)12-4-2-3-5-12/h8-9,12-14,22H,2-7,10-11H2,1H3/t13-,14+,17?. The minimum atomic E-state index is -0.878. The van der Waals surface area contributed by atoms with E-state index in [1.165, 1.54) is 12.8 Å². The van der Waals surface area contributed by atoms with E-state index in [1.54, 1.807) is 6.20 Å². The van der Waals surface area contributed by atoms with Gasteiger partial charge in [0.25, 0.3) is 0 Å². The van der Waals surface area contributed by atoms with E-state index in [0.29, 0.717) is 18.7 Å². The van der Waals surface area contributed by atoms with Gasteiger partial charge in [-0.3, -0.25) is 4.79 Å². The summed E-state index contributed by atoms with van der Waals surface area (Å²) in [6.45, 7) is 0. The van der Waals surface area contributed by atoms with Gasteiger partial charge < -0.3 is 14.6 Å². The van der Waals surface area contributed by atoms with Crippen molar-refractivity contribution in [3.8, 4) is 0 Å². The summed E-state index contributed by atoms with van der Waals surface area (Å²) >= 11 is 0. The van der Waals surface area contributed by atoms with Crippen molar-refractivity contribution < 1.29 is 9.90 Å². The molecule has 1 N–H and O–H groups in total. The van der Waals surface area contributed by atoms with Crippen LogP contribution in [0.3, 0.4) is 0 Å². The summed E-state index contributed by atoms with van der Waals surface area (Å²) < 4.78 is 1.91. The van der Waals surface area contributed by atoms with E-state index in [4.69, 9.17) is 0 Å². The molecule has 3 heterocycles.